The van der Waals surface area contributed by atoms with Crippen LogP contribution in [0, 0.1) is 0 Å². The normalized spacial score (nSPS) is 29.1. The summed E-state index contributed by atoms with van der Waals surface area (Å²) in [6, 6.07) is 9.86. The third-order valence-electron chi connectivity index (χ3n) is 5.49. The first-order valence-corrected chi connectivity index (χ1v) is 9.00. The Bertz CT molecular complexity index is 603. The zero-order chi connectivity index (χ0) is 17.7. The zero-order valence-corrected chi connectivity index (χ0v) is 14.8. The number of aliphatic hydroxyl groups excluding tert-OH is 1. The molecular formula is C20H27NO4. The lowest BCUT2D eigenvalue weighted by atomic mass is 9.79. The second kappa shape index (κ2) is 8.13. The highest BCUT2D eigenvalue weighted by Crippen LogP contribution is 2.43. The molecular weight excluding hydrogens is 318 g/mol. The number of likely N-dealkylation sites (tertiary alicyclic amines) is 1. The van der Waals surface area contributed by atoms with E-state index < -0.39 is 0 Å². The highest BCUT2D eigenvalue weighted by Gasteiger charge is 2.52. The van der Waals surface area contributed by atoms with Crippen molar-refractivity contribution in [3.8, 4) is 0 Å². The summed E-state index contributed by atoms with van der Waals surface area (Å²) in [7, 11) is 1.75. The van der Waals surface area contributed by atoms with Crippen LogP contribution in [0.4, 0.5) is 0 Å². The molecule has 0 bridgehead atoms. The molecule has 1 amide bonds. The van der Waals surface area contributed by atoms with Gasteiger partial charge < -0.3 is 19.5 Å². The van der Waals surface area contributed by atoms with E-state index in [-0.39, 0.29) is 30.3 Å². The molecule has 1 aliphatic carbocycles. The SMILES string of the molecule is CO[C@@]12CC[C@H](OCCO)C[C@@H]1N(C(=O)/C=C/c1ccccc1)CC2. The Kier molecular flexibility index (Phi) is 5.89. The number of nitrogens with zero attached hydrogens (tertiary/aromatic N) is 1. The standard InChI is InChI=1S/C20H27NO4/c1-24-20-10-9-17(25-14-13-22)15-18(20)21(12-11-20)19(23)8-7-16-5-3-2-4-6-16/h2-8,17-18,22H,9-15H2,1H3/b8-7+/t17-,18-,20+/m0/s1. The lowest BCUT2D eigenvalue weighted by Crippen LogP contribution is -2.53. The molecule has 5 heteroatoms. The van der Waals surface area contributed by atoms with Crippen molar-refractivity contribution in [2.75, 3.05) is 26.9 Å². The fourth-order valence-corrected chi connectivity index (χ4v) is 4.12. The van der Waals surface area contributed by atoms with Gasteiger partial charge in [-0.3, -0.25) is 4.79 Å². The number of methoxy groups -OCH3 is 1. The molecule has 25 heavy (non-hydrogen) atoms. The molecule has 3 rings (SSSR count). The summed E-state index contributed by atoms with van der Waals surface area (Å²) in [6.07, 6.45) is 7.01. The van der Waals surface area contributed by atoms with Crippen molar-refractivity contribution in [3.63, 3.8) is 0 Å². The molecule has 1 aromatic rings. The summed E-state index contributed by atoms with van der Waals surface area (Å²) in [4.78, 5) is 14.7. The Labute approximate surface area is 149 Å². The largest absolute Gasteiger partial charge is 0.394 e. The van der Waals surface area contributed by atoms with E-state index in [1.165, 1.54) is 0 Å². The maximum absolute atomic E-state index is 12.8. The minimum Gasteiger partial charge on any atom is -0.394 e. The quantitative estimate of drug-likeness (QED) is 0.804. The zero-order valence-electron chi connectivity index (χ0n) is 14.8. The second-order valence-corrected chi connectivity index (χ2v) is 6.80. The number of benzene rings is 1. The molecule has 0 radical (unpaired) electrons. The van der Waals surface area contributed by atoms with Crippen molar-refractivity contribution in [2.45, 2.75) is 43.4 Å². The lowest BCUT2D eigenvalue weighted by molar-refractivity contribution is -0.137. The van der Waals surface area contributed by atoms with Crippen LogP contribution < -0.4 is 0 Å². The molecule has 3 atom stereocenters. The molecule has 1 aliphatic heterocycles. The molecule has 0 unspecified atom stereocenters. The van der Waals surface area contributed by atoms with Crippen molar-refractivity contribution in [1.82, 2.24) is 4.90 Å². The van der Waals surface area contributed by atoms with Crippen molar-refractivity contribution in [1.29, 1.82) is 0 Å². The van der Waals surface area contributed by atoms with Gasteiger partial charge in [0, 0.05) is 19.7 Å². The van der Waals surface area contributed by atoms with Gasteiger partial charge in [-0.1, -0.05) is 30.3 Å². The number of hydrogen-bond donors (Lipinski definition) is 1. The molecule has 5 nitrogen and oxygen atoms in total. The van der Waals surface area contributed by atoms with Gasteiger partial charge in [-0.2, -0.15) is 0 Å². The fraction of sp³-hybridized carbons (Fsp3) is 0.550. The van der Waals surface area contributed by atoms with Crippen LogP contribution >= 0.6 is 0 Å². The summed E-state index contributed by atoms with van der Waals surface area (Å²) in [5.74, 6) is 0.0237. The van der Waals surface area contributed by atoms with Gasteiger partial charge in [-0.15, -0.1) is 0 Å². The predicted molar refractivity (Wildman–Crippen MR) is 96.0 cm³/mol. The number of amides is 1. The van der Waals surface area contributed by atoms with E-state index in [0.29, 0.717) is 13.2 Å². The number of carbonyl (C=O) groups is 1. The highest BCUT2D eigenvalue weighted by molar-refractivity contribution is 5.92. The number of aliphatic hydroxyl groups is 1. The van der Waals surface area contributed by atoms with Crippen LogP contribution in [0.15, 0.2) is 36.4 Å². The third kappa shape index (κ3) is 3.94. The average molecular weight is 345 g/mol. The average Bonchev–Trinajstić information content (AvgIpc) is 3.04. The van der Waals surface area contributed by atoms with E-state index in [4.69, 9.17) is 14.6 Å². The predicted octanol–water partition coefficient (Wildman–Crippen LogP) is 2.25. The van der Waals surface area contributed by atoms with Crippen LogP contribution in [0.5, 0.6) is 0 Å². The molecule has 2 fully saturated rings. The topological polar surface area (TPSA) is 59.0 Å². The van der Waals surface area contributed by atoms with E-state index in [1.807, 2.05) is 41.3 Å². The number of rotatable bonds is 6. The Morgan fingerprint density at radius 3 is 2.88 bits per heavy atom. The van der Waals surface area contributed by atoms with Crippen LogP contribution in [0.3, 0.4) is 0 Å². The Balaban J connectivity index is 1.70. The number of fused-ring (bicyclic) bond motifs is 1. The monoisotopic (exact) mass is 345 g/mol. The van der Waals surface area contributed by atoms with Crippen LogP contribution in [0.1, 0.15) is 31.2 Å². The van der Waals surface area contributed by atoms with E-state index in [0.717, 1.165) is 31.2 Å². The summed E-state index contributed by atoms with van der Waals surface area (Å²) in [5.41, 5.74) is 0.760. The number of hydrogen-bond acceptors (Lipinski definition) is 4. The summed E-state index contributed by atoms with van der Waals surface area (Å²) >= 11 is 0. The van der Waals surface area contributed by atoms with Crippen molar-refractivity contribution in [3.05, 3.63) is 42.0 Å². The Morgan fingerprint density at radius 1 is 1.36 bits per heavy atom. The molecule has 1 saturated carbocycles. The fourth-order valence-electron chi connectivity index (χ4n) is 4.12. The van der Waals surface area contributed by atoms with Gasteiger partial charge >= 0.3 is 0 Å². The molecule has 0 aromatic heterocycles. The maximum Gasteiger partial charge on any atom is 0.246 e. The Hall–Kier alpha value is -1.69. The van der Waals surface area contributed by atoms with E-state index >= 15 is 0 Å². The van der Waals surface area contributed by atoms with Gasteiger partial charge in [-0.25, -0.2) is 0 Å². The first kappa shape index (κ1) is 18.1. The van der Waals surface area contributed by atoms with Crippen LogP contribution in [-0.4, -0.2) is 60.5 Å². The van der Waals surface area contributed by atoms with Gasteiger partial charge in [0.05, 0.1) is 31.0 Å². The van der Waals surface area contributed by atoms with E-state index in [1.54, 1.807) is 13.2 Å². The van der Waals surface area contributed by atoms with Crippen molar-refractivity contribution < 1.29 is 19.4 Å². The lowest BCUT2D eigenvalue weighted by Gasteiger charge is -2.43. The van der Waals surface area contributed by atoms with Gasteiger partial charge in [0.15, 0.2) is 0 Å². The summed E-state index contributed by atoms with van der Waals surface area (Å²) in [5, 5.41) is 8.98. The van der Waals surface area contributed by atoms with Crippen LogP contribution in [0.2, 0.25) is 0 Å². The number of ether oxygens (including phenoxy) is 2. The van der Waals surface area contributed by atoms with E-state index in [9.17, 15) is 4.79 Å². The second-order valence-electron chi connectivity index (χ2n) is 6.80. The summed E-state index contributed by atoms with van der Waals surface area (Å²) < 4.78 is 11.6. The molecule has 2 aliphatic rings. The van der Waals surface area contributed by atoms with Crippen molar-refractivity contribution in [2.24, 2.45) is 0 Å². The molecule has 136 valence electrons. The molecule has 1 N–H and O–H groups in total. The van der Waals surface area contributed by atoms with Gasteiger partial charge in [0.25, 0.3) is 0 Å². The van der Waals surface area contributed by atoms with Crippen LogP contribution in [0.25, 0.3) is 6.08 Å². The van der Waals surface area contributed by atoms with Gasteiger partial charge in [0.2, 0.25) is 5.91 Å². The smallest absolute Gasteiger partial charge is 0.246 e. The summed E-state index contributed by atoms with van der Waals surface area (Å²) in [6.45, 7) is 1.08. The molecule has 1 aromatic carbocycles. The first-order chi connectivity index (χ1) is 12.2. The first-order valence-electron chi connectivity index (χ1n) is 9.00. The molecule has 0 spiro atoms. The van der Waals surface area contributed by atoms with Gasteiger partial charge in [0.1, 0.15) is 0 Å². The Morgan fingerprint density at radius 2 is 2.16 bits per heavy atom. The van der Waals surface area contributed by atoms with Crippen molar-refractivity contribution >= 4 is 12.0 Å². The third-order valence-corrected chi connectivity index (χ3v) is 5.49. The van der Waals surface area contributed by atoms with E-state index in [2.05, 4.69) is 0 Å². The molecule has 1 heterocycles. The highest BCUT2D eigenvalue weighted by atomic mass is 16.5. The van der Waals surface area contributed by atoms with Gasteiger partial charge in [-0.05, 0) is 37.3 Å². The number of carbonyl (C=O) groups excluding carboxylic acids is 1. The molecule has 1 saturated heterocycles. The van der Waals surface area contributed by atoms with Crippen LogP contribution in [-0.2, 0) is 14.3 Å². The minimum absolute atomic E-state index is 0.0237. The minimum atomic E-state index is -0.255. The maximum atomic E-state index is 12.8.